The van der Waals surface area contributed by atoms with Gasteiger partial charge in [0.2, 0.25) is 0 Å². The summed E-state index contributed by atoms with van der Waals surface area (Å²) < 4.78 is 11.6. The Labute approximate surface area is 113 Å². The molecule has 1 aliphatic heterocycles. The minimum absolute atomic E-state index is 0.389. The van der Waals surface area contributed by atoms with Crippen LogP contribution in [0.4, 0.5) is 0 Å². The van der Waals surface area contributed by atoms with E-state index in [2.05, 4.69) is 42.8 Å². The Kier molecular flexibility index (Phi) is 2.71. The average Bonchev–Trinajstić information content (AvgIpc) is 2.90. The highest BCUT2D eigenvalue weighted by molar-refractivity contribution is 6.62. The zero-order valence-corrected chi connectivity index (χ0v) is 11.6. The minimum Gasteiger partial charge on any atom is -0.533 e. The van der Waals surface area contributed by atoms with E-state index < -0.39 is 5.60 Å². The molecule has 1 fully saturated rings. The summed E-state index contributed by atoms with van der Waals surface area (Å²) in [5, 5.41) is 1.19. The lowest BCUT2D eigenvalue weighted by atomic mass is 9.85. The van der Waals surface area contributed by atoms with Gasteiger partial charge in [-0.2, -0.15) is 0 Å². The molecule has 3 rings (SSSR count). The van der Waals surface area contributed by atoms with E-state index in [9.17, 15) is 0 Å². The number of hydrogen-bond donors (Lipinski definition) is 1. The van der Waals surface area contributed by atoms with Crippen LogP contribution in [0.2, 0.25) is 0 Å². The highest BCUT2D eigenvalue weighted by atomic mass is 16.7. The summed E-state index contributed by atoms with van der Waals surface area (Å²) in [7, 11) is -0.389. The van der Waals surface area contributed by atoms with Gasteiger partial charge < -0.3 is 14.3 Å². The van der Waals surface area contributed by atoms with Crippen molar-refractivity contribution < 1.29 is 9.31 Å². The molecule has 0 aliphatic carbocycles. The first-order valence-corrected chi connectivity index (χ1v) is 6.65. The summed E-state index contributed by atoms with van der Waals surface area (Å²) in [6.07, 6.45) is 1.00. The molecule has 1 saturated heterocycles. The molecule has 19 heavy (non-hydrogen) atoms. The topological polar surface area (TPSA) is 34.2 Å². The van der Waals surface area contributed by atoms with Crippen molar-refractivity contribution in [3.05, 3.63) is 42.2 Å². The molecule has 1 aromatic heterocycles. The molecule has 0 radical (unpaired) electrons. The van der Waals surface area contributed by atoms with Crippen LogP contribution < -0.4 is 5.59 Å². The van der Waals surface area contributed by atoms with Crippen LogP contribution in [0.25, 0.3) is 10.9 Å². The van der Waals surface area contributed by atoms with Crippen molar-refractivity contribution in [2.45, 2.75) is 32.8 Å². The molecule has 98 valence electrons. The van der Waals surface area contributed by atoms with E-state index in [4.69, 9.17) is 9.31 Å². The van der Waals surface area contributed by atoms with E-state index in [0.29, 0.717) is 5.76 Å². The largest absolute Gasteiger partial charge is 0.580 e. The van der Waals surface area contributed by atoms with E-state index in [1.54, 1.807) is 0 Å². The molecule has 1 aliphatic rings. The summed E-state index contributed by atoms with van der Waals surface area (Å²) in [5.41, 5.74) is 2.99. The van der Waals surface area contributed by atoms with Gasteiger partial charge in [-0.3, -0.25) is 0 Å². The fourth-order valence-electron chi connectivity index (χ4n) is 2.42. The van der Waals surface area contributed by atoms with Gasteiger partial charge in [0, 0.05) is 5.52 Å². The molecule has 0 spiro atoms. The summed E-state index contributed by atoms with van der Waals surface area (Å²) in [4.78, 5) is 3.42. The molecule has 0 amide bonds. The lowest BCUT2D eigenvalue weighted by molar-refractivity contribution is 0.173. The predicted molar refractivity (Wildman–Crippen MR) is 78.5 cm³/mol. The Morgan fingerprint density at radius 3 is 2.79 bits per heavy atom. The monoisotopic (exact) mass is 255 g/mol. The highest BCUT2D eigenvalue weighted by Gasteiger charge is 2.43. The quantitative estimate of drug-likeness (QED) is 0.837. The molecule has 2 aromatic rings. The molecule has 1 aromatic carbocycles. The van der Waals surface area contributed by atoms with Crippen LogP contribution in [-0.4, -0.2) is 17.7 Å². The molecule has 0 saturated carbocycles. The number of hydrogen-bond acceptors (Lipinski definition) is 2. The molecular weight excluding hydrogens is 237 g/mol. The number of benzene rings is 1. The van der Waals surface area contributed by atoms with Gasteiger partial charge in [0.15, 0.2) is 0 Å². The highest BCUT2D eigenvalue weighted by Crippen LogP contribution is 2.29. The van der Waals surface area contributed by atoms with Crippen LogP contribution >= 0.6 is 0 Å². The number of para-hydroxylation sites is 1. The third-order valence-electron chi connectivity index (χ3n) is 3.72. The van der Waals surface area contributed by atoms with Gasteiger partial charge in [-0.1, -0.05) is 31.7 Å². The van der Waals surface area contributed by atoms with E-state index in [1.807, 2.05) is 13.8 Å². The van der Waals surface area contributed by atoms with Crippen LogP contribution in [0, 0.1) is 0 Å². The second kappa shape index (κ2) is 4.17. The third kappa shape index (κ3) is 1.96. The van der Waals surface area contributed by atoms with Crippen molar-refractivity contribution in [3.63, 3.8) is 0 Å². The lowest BCUT2D eigenvalue weighted by Gasteiger charge is -2.15. The maximum atomic E-state index is 5.90. The average molecular weight is 255 g/mol. The van der Waals surface area contributed by atoms with Crippen molar-refractivity contribution in [1.29, 1.82) is 0 Å². The van der Waals surface area contributed by atoms with Gasteiger partial charge in [0.1, 0.15) is 5.60 Å². The maximum Gasteiger partial charge on any atom is 0.580 e. The van der Waals surface area contributed by atoms with Crippen molar-refractivity contribution in [2.75, 3.05) is 0 Å². The first-order valence-electron chi connectivity index (χ1n) is 6.65. The lowest BCUT2D eigenvalue weighted by Crippen LogP contribution is -2.35. The van der Waals surface area contributed by atoms with Gasteiger partial charge >= 0.3 is 7.12 Å². The number of fused-ring (bicyclic) bond motifs is 1. The Balaban J connectivity index is 2.01. The molecular formula is C15H18BNO2. The van der Waals surface area contributed by atoms with Crippen LogP contribution in [0.1, 0.15) is 26.3 Å². The number of aryl methyl sites for hydroxylation is 1. The van der Waals surface area contributed by atoms with Crippen molar-refractivity contribution in [3.8, 4) is 0 Å². The maximum absolute atomic E-state index is 5.90. The number of nitrogens with one attached hydrogen (secondary N) is 1. The predicted octanol–water partition coefficient (Wildman–Crippen LogP) is 2.76. The fourth-order valence-corrected chi connectivity index (χ4v) is 2.42. The smallest absolute Gasteiger partial charge is 0.533 e. The van der Waals surface area contributed by atoms with Gasteiger partial charge in [-0.15, -0.1) is 0 Å². The number of rotatable bonds is 2. The SMILES string of the molecule is C=C1OB(c2cc3cccc(CC)c3[nH]2)OC1(C)C. The number of aromatic amines is 1. The van der Waals surface area contributed by atoms with Gasteiger partial charge in [-0.05, 0) is 37.3 Å². The number of H-pyrrole nitrogens is 1. The van der Waals surface area contributed by atoms with Crippen LogP contribution in [0.3, 0.4) is 0 Å². The Hall–Kier alpha value is -1.68. The molecule has 4 heteroatoms. The second-order valence-electron chi connectivity index (χ2n) is 5.46. The summed E-state index contributed by atoms with van der Waals surface area (Å²) in [5.74, 6) is 0.673. The zero-order valence-electron chi connectivity index (χ0n) is 11.6. The van der Waals surface area contributed by atoms with Crippen molar-refractivity contribution in [2.24, 2.45) is 0 Å². The Bertz CT molecular complexity index is 645. The second-order valence-corrected chi connectivity index (χ2v) is 5.46. The molecule has 0 atom stereocenters. The van der Waals surface area contributed by atoms with Gasteiger partial charge in [-0.25, -0.2) is 0 Å². The van der Waals surface area contributed by atoms with E-state index in [0.717, 1.165) is 12.0 Å². The first-order chi connectivity index (χ1) is 9.01. The van der Waals surface area contributed by atoms with Gasteiger partial charge in [0.05, 0.1) is 11.4 Å². The van der Waals surface area contributed by atoms with Crippen LogP contribution in [0.5, 0.6) is 0 Å². The Morgan fingerprint density at radius 2 is 2.16 bits per heavy atom. The molecule has 0 bridgehead atoms. The molecule has 3 nitrogen and oxygen atoms in total. The normalized spacial score (nSPS) is 18.1. The van der Waals surface area contributed by atoms with Crippen LogP contribution in [-0.2, 0) is 15.7 Å². The Morgan fingerprint density at radius 1 is 1.37 bits per heavy atom. The fraction of sp³-hybridized carbons (Fsp3) is 0.333. The standard InChI is InChI=1S/C15H18BNO2/c1-5-11-7-6-8-12-9-13(17-14(11)12)16-18-10(2)15(3,4)19-16/h6-9,17H,2,5H2,1,3-4H3. The van der Waals surface area contributed by atoms with Gasteiger partial charge in [0.25, 0.3) is 0 Å². The summed E-state index contributed by atoms with van der Waals surface area (Å²) in [6.45, 7) is 10.0. The van der Waals surface area contributed by atoms with E-state index in [1.165, 1.54) is 16.5 Å². The first kappa shape index (κ1) is 12.4. The molecule has 0 unspecified atom stereocenters. The summed E-state index contributed by atoms with van der Waals surface area (Å²) >= 11 is 0. The van der Waals surface area contributed by atoms with Crippen LogP contribution in [0.15, 0.2) is 36.6 Å². The number of aromatic nitrogens is 1. The van der Waals surface area contributed by atoms with E-state index in [-0.39, 0.29) is 7.12 Å². The van der Waals surface area contributed by atoms with Crippen molar-refractivity contribution in [1.82, 2.24) is 4.98 Å². The molecule has 1 N–H and O–H groups in total. The minimum atomic E-state index is -0.435. The van der Waals surface area contributed by atoms with Crippen molar-refractivity contribution >= 4 is 23.6 Å². The summed E-state index contributed by atoms with van der Waals surface area (Å²) in [6, 6.07) is 8.41. The zero-order chi connectivity index (χ0) is 13.6. The molecule has 2 heterocycles. The third-order valence-corrected chi connectivity index (χ3v) is 3.72. The van der Waals surface area contributed by atoms with E-state index >= 15 is 0 Å².